The second kappa shape index (κ2) is 10.1. The van der Waals surface area contributed by atoms with Crippen molar-refractivity contribution in [2.75, 3.05) is 20.0 Å². The normalized spacial score (nSPS) is 17.8. The molecule has 1 N–H and O–H groups in total. The molecule has 0 bridgehead atoms. The summed E-state index contributed by atoms with van der Waals surface area (Å²) in [4.78, 5) is 33.6. The maximum absolute atomic E-state index is 13.6. The van der Waals surface area contributed by atoms with Crippen LogP contribution in [0.4, 0.5) is 0 Å². The van der Waals surface area contributed by atoms with Gasteiger partial charge in [-0.25, -0.2) is 0 Å². The number of benzene rings is 1. The van der Waals surface area contributed by atoms with Crippen LogP contribution in [0.1, 0.15) is 26.2 Å². The molecular formula is C23H23N3O4S2. The molecule has 1 aliphatic rings. The van der Waals surface area contributed by atoms with Gasteiger partial charge in [0.05, 0.1) is 14.2 Å². The van der Waals surface area contributed by atoms with Gasteiger partial charge < -0.3 is 19.7 Å². The summed E-state index contributed by atoms with van der Waals surface area (Å²) in [5, 5.41) is 4.70. The standard InChI is InChI=1S/C23H23N3O4S2/c1-29-18-8-7-16(11-19(18)30-2)22(28)26-17(14-32-23(26)20-6-4-10-31-20)21(27)25-13-15-5-3-9-24-12-15/h3-12,17,23H,13-14H2,1-2H3,(H,25,27). The van der Waals surface area contributed by atoms with E-state index in [0.29, 0.717) is 29.4 Å². The maximum Gasteiger partial charge on any atom is 0.255 e. The van der Waals surface area contributed by atoms with Crippen molar-refractivity contribution in [3.63, 3.8) is 0 Å². The molecule has 2 amide bonds. The lowest BCUT2D eigenvalue weighted by Crippen LogP contribution is -2.47. The number of carbonyl (C=O) groups is 2. The van der Waals surface area contributed by atoms with E-state index in [9.17, 15) is 9.59 Å². The zero-order valence-electron chi connectivity index (χ0n) is 17.7. The van der Waals surface area contributed by atoms with Gasteiger partial charge in [-0.3, -0.25) is 14.6 Å². The Balaban J connectivity index is 1.60. The van der Waals surface area contributed by atoms with Crippen molar-refractivity contribution in [1.82, 2.24) is 15.2 Å². The van der Waals surface area contributed by atoms with E-state index in [0.717, 1.165) is 10.4 Å². The number of hydrogen-bond acceptors (Lipinski definition) is 7. The quantitative estimate of drug-likeness (QED) is 0.568. The molecule has 3 aromatic rings. The Bertz CT molecular complexity index is 1080. The molecule has 0 radical (unpaired) electrons. The molecule has 3 heterocycles. The van der Waals surface area contributed by atoms with Crippen molar-refractivity contribution >= 4 is 34.9 Å². The number of aromatic nitrogens is 1. The lowest BCUT2D eigenvalue weighted by Gasteiger charge is -2.28. The number of carbonyl (C=O) groups excluding carboxylic acids is 2. The molecule has 2 atom stereocenters. The number of thioether (sulfide) groups is 1. The second-order valence-electron chi connectivity index (χ2n) is 7.08. The predicted octanol–water partition coefficient (Wildman–Crippen LogP) is 3.73. The van der Waals surface area contributed by atoms with E-state index >= 15 is 0 Å². The van der Waals surface area contributed by atoms with E-state index in [2.05, 4.69) is 10.3 Å². The third-order valence-corrected chi connectivity index (χ3v) is 7.52. The van der Waals surface area contributed by atoms with E-state index in [1.807, 2.05) is 29.6 Å². The minimum absolute atomic E-state index is 0.186. The molecule has 0 saturated carbocycles. The molecule has 1 aromatic carbocycles. The Morgan fingerprint density at radius 3 is 2.69 bits per heavy atom. The van der Waals surface area contributed by atoms with Gasteiger partial charge in [0.15, 0.2) is 11.5 Å². The molecule has 2 unspecified atom stereocenters. The van der Waals surface area contributed by atoms with E-state index in [-0.39, 0.29) is 17.2 Å². The van der Waals surface area contributed by atoms with Crippen molar-refractivity contribution < 1.29 is 19.1 Å². The van der Waals surface area contributed by atoms with Crippen LogP contribution >= 0.6 is 23.1 Å². The van der Waals surface area contributed by atoms with Gasteiger partial charge in [0, 0.05) is 35.1 Å². The van der Waals surface area contributed by atoms with Gasteiger partial charge in [0.2, 0.25) is 5.91 Å². The molecule has 32 heavy (non-hydrogen) atoms. The van der Waals surface area contributed by atoms with Gasteiger partial charge >= 0.3 is 0 Å². The van der Waals surface area contributed by atoms with Gasteiger partial charge in [0.1, 0.15) is 11.4 Å². The smallest absolute Gasteiger partial charge is 0.255 e. The molecule has 166 valence electrons. The van der Waals surface area contributed by atoms with Crippen molar-refractivity contribution in [2.45, 2.75) is 18.0 Å². The van der Waals surface area contributed by atoms with E-state index in [4.69, 9.17) is 9.47 Å². The third kappa shape index (κ3) is 4.58. The van der Waals surface area contributed by atoms with Crippen LogP contribution in [0.15, 0.2) is 60.2 Å². The monoisotopic (exact) mass is 469 g/mol. The number of nitrogens with zero attached hydrogens (tertiary/aromatic N) is 2. The molecule has 1 fully saturated rings. The molecule has 1 saturated heterocycles. The molecular weight excluding hydrogens is 446 g/mol. The maximum atomic E-state index is 13.6. The zero-order chi connectivity index (χ0) is 22.5. The minimum Gasteiger partial charge on any atom is -0.493 e. The predicted molar refractivity (Wildman–Crippen MR) is 125 cm³/mol. The fourth-order valence-electron chi connectivity index (χ4n) is 3.54. The van der Waals surface area contributed by atoms with Gasteiger partial charge in [-0.1, -0.05) is 12.1 Å². The number of thiophene rings is 1. The topological polar surface area (TPSA) is 80.8 Å². The zero-order valence-corrected chi connectivity index (χ0v) is 19.3. The molecule has 7 nitrogen and oxygen atoms in total. The van der Waals surface area contributed by atoms with Crippen LogP contribution < -0.4 is 14.8 Å². The number of hydrogen-bond donors (Lipinski definition) is 1. The number of nitrogens with one attached hydrogen (secondary N) is 1. The average molecular weight is 470 g/mol. The first-order valence-corrected chi connectivity index (χ1v) is 11.9. The van der Waals surface area contributed by atoms with Crippen LogP contribution in [-0.4, -0.2) is 47.7 Å². The first kappa shape index (κ1) is 22.2. The molecule has 1 aliphatic heterocycles. The highest BCUT2D eigenvalue weighted by Gasteiger charge is 2.43. The summed E-state index contributed by atoms with van der Waals surface area (Å²) in [6.45, 7) is 0.357. The van der Waals surface area contributed by atoms with Crippen LogP contribution in [0.2, 0.25) is 0 Å². The summed E-state index contributed by atoms with van der Waals surface area (Å²) in [5.74, 6) is 1.11. The van der Waals surface area contributed by atoms with Gasteiger partial charge in [-0.2, -0.15) is 0 Å². The summed E-state index contributed by atoms with van der Waals surface area (Å²) >= 11 is 3.17. The van der Waals surface area contributed by atoms with Gasteiger partial charge in [-0.05, 0) is 41.3 Å². The second-order valence-corrected chi connectivity index (χ2v) is 9.17. The number of rotatable bonds is 7. The van der Waals surface area contributed by atoms with E-state index in [1.165, 1.54) is 7.11 Å². The summed E-state index contributed by atoms with van der Waals surface area (Å²) in [5.41, 5.74) is 1.34. The molecule has 4 rings (SSSR count). The number of pyridine rings is 1. The van der Waals surface area contributed by atoms with Crippen molar-refractivity contribution in [3.05, 3.63) is 76.2 Å². The van der Waals surface area contributed by atoms with Crippen LogP contribution in [-0.2, 0) is 11.3 Å². The summed E-state index contributed by atoms with van der Waals surface area (Å²) in [6, 6.07) is 12.1. The molecule has 0 spiro atoms. The summed E-state index contributed by atoms with van der Waals surface area (Å²) < 4.78 is 10.7. The Labute approximate surface area is 194 Å². The van der Waals surface area contributed by atoms with Crippen molar-refractivity contribution in [3.8, 4) is 11.5 Å². The lowest BCUT2D eigenvalue weighted by atomic mass is 10.1. The van der Waals surface area contributed by atoms with Crippen molar-refractivity contribution in [2.24, 2.45) is 0 Å². The van der Waals surface area contributed by atoms with Crippen LogP contribution in [0.3, 0.4) is 0 Å². The average Bonchev–Trinajstić information content (AvgIpc) is 3.52. The first-order chi connectivity index (χ1) is 15.6. The van der Waals surface area contributed by atoms with Crippen LogP contribution in [0, 0.1) is 0 Å². The Hall–Kier alpha value is -3.04. The molecule has 9 heteroatoms. The fourth-order valence-corrected chi connectivity index (χ4v) is 5.93. The number of ether oxygens (including phenoxy) is 2. The Morgan fingerprint density at radius 1 is 1.16 bits per heavy atom. The minimum atomic E-state index is -0.593. The summed E-state index contributed by atoms with van der Waals surface area (Å²) in [6.07, 6.45) is 3.40. The first-order valence-electron chi connectivity index (χ1n) is 9.98. The van der Waals surface area contributed by atoms with Crippen LogP contribution in [0.25, 0.3) is 0 Å². The van der Waals surface area contributed by atoms with Gasteiger partial charge in [0.25, 0.3) is 5.91 Å². The highest BCUT2D eigenvalue weighted by atomic mass is 32.2. The van der Waals surface area contributed by atoms with E-state index < -0.39 is 6.04 Å². The molecule has 0 aliphatic carbocycles. The lowest BCUT2D eigenvalue weighted by molar-refractivity contribution is -0.125. The molecule has 2 aromatic heterocycles. The Kier molecular flexibility index (Phi) is 6.96. The largest absolute Gasteiger partial charge is 0.493 e. The van der Waals surface area contributed by atoms with Crippen molar-refractivity contribution in [1.29, 1.82) is 0 Å². The van der Waals surface area contributed by atoms with Crippen LogP contribution in [0.5, 0.6) is 11.5 Å². The highest BCUT2D eigenvalue weighted by Crippen LogP contribution is 2.44. The Morgan fingerprint density at radius 2 is 2.00 bits per heavy atom. The number of amides is 2. The third-order valence-electron chi connectivity index (χ3n) is 5.14. The number of methoxy groups -OCH3 is 2. The van der Waals surface area contributed by atoms with E-state index in [1.54, 1.807) is 65.7 Å². The fraction of sp³-hybridized carbons (Fsp3) is 0.261. The van der Waals surface area contributed by atoms with Gasteiger partial charge in [-0.15, -0.1) is 23.1 Å². The highest BCUT2D eigenvalue weighted by molar-refractivity contribution is 7.99. The SMILES string of the molecule is COc1ccc(C(=O)N2C(C(=O)NCc3cccnc3)CSC2c2cccs2)cc1OC. The summed E-state index contributed by atoms with van der Waals surface area (Å²) in [7, 11) is 3.08.